The van der Waals surface area contributed by atoms with Crippen LogP contribution in [0.1, 0.15) is 49.3 Å². The molecule has 1 saturated heterocycles. The topological polar surface area (TPSA) is 69.7 Å². The molecule has 1 N–H and O–H groups in total. The van der Waals surface area contributed by atoms with E-state index in [1.165, 1.54) is 29.1 Å². The molecule has 1 fully saturated rings. The van der Waals surface area contributed by atoms with Gasteiger partial charge in [0.05, 0.1) is 42.4 Å². The number of nitrogens with one attached hydrogen (secondary N) is 1. The van der Waals surface area contributed by atoms with Crippen molar-refractivity contribution in [3.8, 4) is 17.0 Å². The van der Waals surface area contributed by atoms with E-state index in [1.807, 2.05) is 20.0 Å². The summed E-state index contributed by atoms with van der Waals surface area (Å²) >= 11 is 0. The lowest BCUT2D eigenvalue weighted by atomic mass is 10.0. The highest BCUT2D eigenvalue weighted by Crippen LogP contribution is 2.39. The first-order valence-electron chi connectivity index (χ1n) is 14.2. The van der Waals surface area contributed by atoms with Crippen molar-refractivity contribution in [2.24, 2.45) is 0 Å². The van der Waals surface area contributed by atoms with Crippen LogP contribution in [-0.4, -0.2) is 72.3 Å². The minimum Gasteiger partial charge on any atom is -0.486 e. The van der Waals surface area contributed by atoms with Crippen molar-refractivity contribution in [2.75, 3.05) is 50.1 Å². The number of pyridine rings is 1. The zero-order valence-corrected chi connectivity index (χ0v) is 23.7. The maximum Gasteiger partial charge on any atom is 0.178 e. The highest BCUT2D eigenvalue weighted by Gasteiger charge is 2.28. The molecule has 0 spiro atoms. The zero-order valence-electron chi connectivity index (χ0n) is 23.7. The first kappa shape index (κ1) is 26.8. The van der Waals surface area contributed by atoms with Crippen LogP contribution in [0.5, 0.6) is 5.75 Å². The molecule has 40 heavy (non-hydrogen) atoms. The number of hydrogen-bond acceptors (Lipinski definition) is 8. The Morgan fingerprint density at radius 3 is 2.52 bits per heavy atom. The van der Waals surface area contributed by atoms with Crippen LogP contribution in [0.25, 0.3) is 11.3 Å². The van der Waals surface area contributed by atoms with E-state index in [0.717, 1.165) is 44.7 Å². The highest BCUT2D eigenvalue weighted by molar-refractivity contribution is 5.72. The van der Waals surface area contributed by atoms with Gasteiger partial charge in [-0.2, -0.15) is 0 Å². The van der Waals surface area contributed by atoms with Gasteiger partial charge in [-0.25, -0.2) is 18.7 Å². The molecule has 5 heterocycles. The van der Waals surface area contributed by atoms with Gasteiger partial charge in [0, 0.05) is 43.8 Å². The Morgan fingerprint density at radius 1 is 1.00 bits per heavy atom. The molecule has 10 heteroatoms. The number of ether oxygens (including phenoxy) is 1. The molecule has 3 aliphatic rings. The molecule has 212 valence electrons. The van der Waals surface area contributed by atoms with Gasteiger partial charge in [-0.1, -0.05) is 0 Å². The van der Waals surface area contributed by atoms with Crippen molar-refractivity contribution in [3.63, 3.8) is 0 Å². The highest BCUT2D eigenvalue weighted by atomic mass is 19.1. The summed E-state index contributed by atoms with van der Waals surface area (Å²) in [5.41, 5.74) is 5.60. The summed E-state index contributed by atoms with van der Waals surface area (Å²) in [5, 5.41) is 3.48. The number of piperidine rings is 1. The van der Waals surface area contributed by atoms with Crippen LogP contribution in [0.15, 0.2) is 24.5 Å². The van der Waals surface area contributed by atoms with Crippen LogP contribution < -0.4 is 19.9 Å². The summed E-state index contributed by atoms with van der Waals surface area (Å²) in [6, 6.07) is 3.82. The lowest BCUT2D eigenvalue weighted by molar-refractivity contribution is 0.249. The maximum atomic E-state index is 15.1. The third-order valence-electron chi connectivity index (χ3n) is 8.43. The molecule has 8 nitrogen and oxygen atoms in total. The molecule has 0 saturated carbocycles. The summed E-state index contributed by atoms with van der Waals surface area (Å²) < 4.78 is 35.7. The van der Waals surface area contributed by atoms with E-state index in [4.69, 9.17) is 9.72 Å². The van der Waals surface area contributed by atoms with E-state index >= 15 is 8.78 Å². The van der Waals surface area contributed by atoms with Crippen molar-refractivity contribution < 1.29 is 13.5 Å². The van der Waals surface area contributed by atoms with E-state index in [2.05, 4.69) is 44.1 Å². The molecule has 0 unspecified atom stereocenters. The molecule has 3 aliphatic heterocycles. The number of halogens is 2. The fourth-order valence-electron chi connectivity index (χ4n) is 6.21. The second-order valence-corrected chi connectivity index (χ2v) is 11.4. The van der Waals surface area contributed by atoms with E-state index in [0.29, 0.717) is 42.7 Å². The van der Waals surface area contributed by atoms with Crippen LogP contribution >= 0.6 is 0 Å². The molecular formula is C30H37F2N7O. The molecule has 2 aromatic heterocycles. The third-order valence-corrected chi connectivity index (χ3v) is 8.43. The number of hydrogen-bond donors (Lipinski definition) is 1. The van der Waals surface area contributed by atoms with Crippen LogP contribution in [0.2, 0.25) is 0 Å². The van der Waals surface area contributed by atoms with Crippen molar-refractivity contribution in [1.29, 1.82) is 0 Å². The average Bonchev–Trinajstić information content (AvgIpc) is 3.44. The number of nitrogens with zero attached hydrogens (tertiary/aromatic N) is 6. The summed E-state index contributed by atoms with van der Waals surface area (Å²) in [6.45, 7) is 8.68. The van der Waals surface area contributed by atoms with E-state index < -0.39 is 11.6 Å². The predicted molar refractivity (Wildman–Crippen MR) is 152 cm³/mol. The first-order valence-corrected chi connectivity index (χ1v) is 14.2. The van der Waals surface area contributed by atoms with Crippen LogP contribution in [0.3, 0.4) is 0 Å². The number of fused-ring (bicyclic) bond motifs is 2. The summed E-state index contributed by atoms with van der Waals surface area (Å²) in [6.07, 6.45) is 5.78. The van der Waals surface area contributed by atoms with Gasteiger partial charge in [-0.15, -0.1) is 0 Å². The normalized spacial score (nSPS) is 17.4. The Hall–Kier alpha value is -3.37. The lowest BCUT2D eigenvalue weighted by Crippen LogP contribution is -2.42. The number of aromatic nitrogens is 3. The van der Waals surface area contributed by atoms with Gasteiger partial charge in [0.2, 0.25) is 0 Å². The van der Waals surface area contributed by atoms with Gasteiger partial charge in [0.25, 0.3) is 0 Å². The fraction of sp³-hybridized carbons (Fsp3) is 0.500. The van der Waals surface area contributed by atoms with E-state index in [1.54, 1.807) is 6.07 Å². The van der Waals surface area contributed by atoms with Gasteiger partial charge < -0.3 is 24.8 Å². The second kappa shape index (κ2) is 10.9. The van der Waals surface area contributed by atoms with Crippen LogP contribution in [0.4, 0.5) is 20.2 Å². The van der Waals surface area contributed by atoms with E-state index in [9.17, 15) is 0 Å². The Morgan fingerprint density at radius 2 is 1.77 bits per heavy atom. The minimum absolute atomic E-state index is 0.0798. The van der Waals surface area contributed by atoms with Gasteiger partial charge in [-0.3, -0.25) is 4.98 Å². The molecule has 0 amide bonds. The van der Waals surface area contributed by atoms with Gasteiger partial charge in [0.1, 0.15) is 18.1 Å². The summed E-state index contributed by atoms with van der Waals surface area (Å²) in [5.74, 6) is -0.454. The van der Waals surface area contributed by atoms with Gasteiger partial charge in [-0.05, 0) is 64.0 Å². The SMILES string of the molecule is CC(C)N1CCOc2c(F)cc(-c3nc(Cc4ncc(N5CCC(N(C)C)CC5)c5c4CNC5)ncc3F)cc21. The first-order chi connectivity index (χ1) is 19.3. The zero-order chi connectivity index (χ0) is 28.0. The Kier molecular flexibility index (Phi) is 7.31. The molecule has 0 aliphatic carbocycles. The molecule has 6 rings (SSSR count). The summed E-state index contributed by atoms with van der Waals surface area (Å²) in [7, 11) is 4.30. The monoisotopic (exact) mass is 549 g/mol. The van der Waals surface area contributed by atoms with Gasteiger partial charge in [0.15, 0.2) is 17.4 Å². The van der Waals surface area contributed by atoms with E-state index in [-0.39, 0.29) is 17.5 Å². The van der Waals surface area contributed by atoms with Crippen molar-refractivity contribution >= 4 is 11.4 Å². The van der Waals surface area contributed by atoms with Gasteiger partial charge >= 0.3 is 0 Å². The molecule has 0 radical (unpaired) electrons. The molecule has 1 aromatic carbocycles. The molecule has 0 atom stereocenters. The predicted octanol–water partition coefficient (Wildman–Crippen LogP) is 4.15. The average molecular weight is 550 g/mol. The quantitative estimate of drug-likeness (QED) is 0.492. The fourth-order valence-corrected chi connectivity index (χ4v) is 6.21. The molecule has 3 aromatic rings. The minimum atomic E-state index is -0.591. The van der Waals surface area contributed by atoms with Crippen molar-refractivity contribution in [3.05, 3.63) is 58.8 Å². The Balaban J connectivity index is 1.29. The standard InChI is InChI=1S/C30H37F2N7O/c1-18(2)39-9-10-40-30-23(31)11-19(12-26(30)39)29-24(32)16-35-28(36-29)13-25-21-14-33-15-22(21)27(17-34-25)38-7-5-20(6-8-38)37(3)4/h11-12,16-18,20,33H,5-10,13-15H2,1-4H3. The molecule has 0 bridgehead atoms. The number of benzene rings is 1. The third kappa shape index (κ3) is 4.99. The Bertz CT molecular complexity index is 1410. The molecular weight excluding hydrogens is 512 g/mol. The van der Waals surface area contributed by atoms with Crippen molar-refractivity contribution in [2.45, 2.75) is 58.3 Å². The number of rotatable bonds is 6. The smallest absolute Gasteiger partial charge is 0.178 e. The lowest BCUT2D eigenvalue weighted by Gasteiger charge is -2.37. The van der Waals surface area contributed by atoms with Crippen LogP contribution in [-0.2, 0) is 19.5 Å². The van der Waals surface area contributed by atoms with Crippen molar-refractivity contribution in [1.82, 2.24) is 25.2 Å². The van der Waals surface area contributed by atoms with Crippen LogP contribution in [0, 0.1) is 11.6 Å². The maximum absolute atomic E-state index is 15.1. The second-order valence-electron chi connectivity index (χ2n) is 11.4. The summed E-state index contributed by atoms with van der Waals surface area (Å²) in [4.78, 5) is 20.5. The largest absolute Gasteiger partial charge is 0.486 e. The number of anilines is 2. The Labute approximate surface area is 234 Å².